The van der Waals surface area contributed by atoms with Crippen molar-refractivity contribution >= 4 is 5.57 Å². The van der Waals surface area contributed by atoms with Gasteiger partial charge < -0.3 is 5.73 Å². The molecule has 0 saturated heterocycles. The van der Waals surface area contributed by atoms with E-state index in [1.807, 2.05) is 0 Å². The zero-order valence-corrected chi connectivity index (χ0v) is 6.38. The lowest BCUT2D eigenvalue weighted by atomic mass is 10.1. The van der Waals surface area contributed by atoms with Crippen molar-refractivity contribution in [2.75, 3.05) is 6.54 Å². The molecule has 0 fully saturated rings. The molecular formula is C10H11N. The number of hydrogen-bond acceptors (Lipinski definition) is 1. The standard InChI is InChI=1S/C10H11N/c11-7-9-6-5-8-3-1-2-4-10(8)9/h1-4,6H,5,7,11H2. The number of nitrogens with two attached hydrogens (primary N) is 1. The van der Waals surface area contributed by atoms with E-state index in [4.69, 9.17) is 5.73 Å². The highest BCUT2D eigenvalue weighted by Gasteiger charge is 2.10. The third kappa shape index (κ3) is 0.976. The van der Waals surface area contributed by atoms with E-state index in [1.54, 1.807) is 0 Å². The van der Waals surface area contributed by atoms with Crippen molar-refractivity contribution in [3.63, 3.8) is 0 Å². The molecule has 0 heterocycles. The molecule has 0 aromatic heterocycles. The Balaban J connectivity index is 2.48. The quantitative estimate of drug-likeness (QED) is 0.638. The lowest BCUT2D eigenvalue weighted by molar-refractivity contribution is 1.27. The molecule has 56 valence electrons. The minimum Gasteiger partial charge on any atom is -0.326 e. The number of fused-ring (bicyclic) bond motifs is 1. The van der Waals surface area contributed by atoms with E-state index >= 15 is 0 Å². The Morgan fingerprint density at radius 1 is 1.27 bits per heavy atom. The molecular weight excluding hydrogens is 134 g/mol. The first-order chi connectivity index (χ1) is 5.42. The topological polar surface area (TPSA) is 26.0 Å². The van der Waals surface area contributed by atoms with Gasteiger partial charge in [-0.1, -0.05) is 30.3 Å². The van der Waals surface area contributed by atoms with Crippen LogP contribution in [0.2, 0.25) is 0 Å². The maximum absolute atomic E-state index is 5.58. The third-order valence-corrected chi connectivity index (χ3v) is 2.15. The molecule has 0 unspecified atom stereocenters. The summed E-state index contributed by atoms with van der Waals surface area (Å²) in [5.41, 5.74) is 9.63. The molecule has 0 amide bonds. The number of allylic oxidation sites excluding steroid dienone is 1. The first-order valence-electron chi connectivity index (χ1n) is 3.89. The van der Waals surface area contributed by atoms with Gasteiger partial charge in [-0.3, -0.25) is 0 Å². The first-order valence-corrected chi connectivity index (χ1v) is 3.89. The van der Waals surface area contributed by atoms with Crippen LogP contribution >= 0.6 is 0 Å². The summed E-state index contributed by atoms with van der Waals surface area (Å²) in [6.07, 6.45) is 3.27. The Bertz CT molecular complexity index is 299. The lowest BCUT2D eigenvalue weighted by Crippen LogP contribution is -2.00. The Morgan fingerprint density at radius 3 is 2.91 bits per heavy atom. The van der Waals surface area contributed by atoms with E-state index in [9.17, 15) is 0 Å². The highest BCUT2D eigenvalue weighted by Crippen LogP contribution is 2.25. The van der Waals surface area contributed by atoms with Gasteiger partial charge in [0.1, 0.15) is 0 Å². The molecule has 1 aromatic carbocycles. The molecule has 0 aliphatic heterocycles. The number of hydrogen-bond donors (Lipinski definition) is 1. The smallest absolute Gasteiger partial charge is 0.0181 e. The van der Waals surface area contributed by atoms with Gasteiger partial charge in [0.15, 0.2) is 0 Å². The van der Waals surface area contributed by atoms with E-state index in [-0.39, 0.29) is 0 Å². The average Bonchev–Trinajstić information content (AvgIpc) is 2.47. The van der Waals surface area contributed by atoms with Crippen LogP contribution in [0.25, 0.3) is 5.57 Å². The zero-order chi connectivity index (χ0) is 7.68. The van der Waals surface area contributed by atoms with Crippen LogP contribution in [0.5, 0.6) is 0 Å². The van der Waals surface area contributed by atoms with E-state index in [0.717, 1.165) is 6.42 Å². The molecule has 0 saturated carbocycles. The van der Waals surface area contributed by atoms with Crippen LogP contribution < -0.4 is 5.73 Å². The summed E-state index contributed by atoms with van der Waals surface area (Å²) in [6.45, 7) is 0.664. The maximum Gasteiger partial charge on any atom is 0.0181 e. The van der Waals surface area contributed by atoms with Crippen molar-refractivity contribution in [1.29, 1.82) is 0 Å². The van der Waals surface area contributed by atoms with Crippen LogP contribution in [0, 0.1) is 0 Å². The highest BCUT2D eigenvalue weighted by atomic mass is 14.5. The average molecular weight is 145 g/mol. The Labute approximate surface area is 66.5 Å². The Morgan fingerprint density at radius 2 is 2.09 bits per heavy atom. The molecule has 0 spiro atoms. The van der Waals surface area contributed by atoms with E-state index in [1.165, 1.54) is 16.7 Å². The summed E-state index contributed by atoms with van der Waals surface area (Å²) >= 11 is 0. The molecule has 1 heteroatoms. The monoisotopic (exact) mass is 145 g/mol. The van der Waals surface area contributed by atoms with Crippen LogP contribution in [-0.4, -0.2) is 6.54 Å². The molecule has 0 atom stereocenters. The van der Waals surface area contributed by atoms with Crippen molar-refractivity contribution in [2.24, 2.45) is 5.73 Å². The summed E-state index contributed by atoms with van der Waals surface area (Å²) < 4.78 is 0. The van der Waals surface area contributed by atoms with Gasteiger partial charge in [0.25, 0.3) is 0 Å². The van der Waals surface area contributed by atoms with Gasteiger partial charge in [0.2, 0.25) is 0 Å². The van der Waals surface area contributed by atoms with Crippen molar-refractivity contribution in [3.05, 3.63) is 41.5 Å². The minimum atomic E-state index is 0.664. The second-order valence-electron chi connectivity index (χ2n) is 2.79. The second-order valence-corrected chi connectivity index (χ2v) is 2.79. The summed E-state index contributed by atoms with van der Waals surface area (Å²) in [7, 11) is 0. The molecule has 1 aliphatic rings. The van der Waals surface area contributed by atoms with Gasteiger partial charge in [0, 0.05) is 6.54 Å². The van der Waals surface area contributed by atoms with Crippen molar-refractivity contribution in [2.45, 2.75) is 6.42 Å². The van der Waals surface area contributed by atoms with Crippen LogP contribution in [0.3, 0.4) is 0 Å². The summed E-state index contributed by atoms with van der Waals surface area (Å²) in [4.78, 5) is 0. The minimum absolute atomic E-state index is 0.664. The van der Waals surface area contributed by atoms with Gasteiger partial charge in [-0.05, 0) is 23.1 Å². The van der Waals surface area contributed by atoms with Crippen LogP contribution in [-0.2, 0) is 6.42 Å². The molecule has 2 rings (SSSR count). The van der Waals surface area contributed by atoms with Crippen LogP contribution in [0.15, 0.2) is 30.3 Å². The summed E-state index contributed by atoms with van der Waals surface area (Å²) in [5, 5.41) is 0. The molecule has 1 nitrogen and oxygen atoms in total. The normalized spacial score (nSPS) is 14.5. The third-order valence-electron chi connectivity index (χ3n) is 2.15. The zero-order valence-electron chi connectivity index (χ0n) is 6.38. The van der Waals surface area contributed by atoms with Gasteiger partial charge >= 0.3 is 0 Å². The second kappa shape index (κ2) is 2.51. The van der Waals surface area contributed by atoms with Crippen molar-refractivity contribution in [3.8, 4) is 0 Å². The SMILES string of the molecule is NCC1=CCc2ccccc21. The predicted molar refractivity (Wildman–Crippen MR) is 47.2 cm³/mol. The Hall–Kier alpha value is -1.08. The fourth-order valence-electron chi connectivity index (χ4n) is 1.55. The molecule has 1 aromatic rings. The number of rotatable bonds is 1. The van der Waals surface area contributed by atoms with Crippen molar-refractivity contribution < 1.29 is 0 Å². The molecule has 0 radical (unpaired) electrons. The van der Waals surface area contributed by atoms with Gasteiger partial charge in [0.05, 0.1) is 0 Å². The first kappa shape index (κ1) is 6.62. The van der Waals surface area contributed by atoms with E-state index in [2.05, 4.69) is 30.3 Å². The van der Waals surface area contributed by atoms with Gasteiger partial charge in [-0.2, -0.15) is 0 Å². The Kier molecular flexibility index (Phi) is 1.51. The van der Waals surface area contributed by atoms with Crippen LogP contribution in [0.1, 0.15) is 11.1 Å². The van der Waals surface area contributed by atoms with Gasteiger partial charge in [-0.25, -0.2) is 0 Å². The highest BCUT2D eigenvalue weighted by molar-refractivity contribution is 5.73. The largest absolute Gasteiger partial charge is 0.326 e. The van der Waals surface area contributed by atoms with E-state index in [0.29, 0.717) is 6.54 Å². The molecule has 0 bridgehead atoms. The lowest BCUT2D eigenvalue weighted by Gasteiger charge is -2.00. The fraction of sp³-hybridized carbons (Fsp3) is 0.200. The fourth-order valence-corrected chi connectivity index (χ4v) is 1.55. The molecule has 2 N–H and O–H groups in total. The molecule has 1 aliphatic carbocycles. The summed E-state index contributed by atoms with van der Waals surface area (Å²) in [5.74, 6) is 0. The van der Waals surface area contributed by atoms with Crippen molar-refractivity contribution in [1.82, 2.24) is 0 Å². The molecule has 11 heavy (non-hydrogen) atoms. The number of benzene rings is 1. The predicted octanol–water partition coefficient (Wildman–Crippen LogP) is 1.58. The van der Waals surface area contributed by atoms with Crippen LogP contribution in [0.4, 0.5) is 0 Å². The maximum atomic E-state index is 5.58. The van der Waals surface area contributed by atoms with E-state index < -0.39 is 0 Å². The van der Waals surface area contributed by atoms with Gasteiger partial charge in [-0.15, -0.1) is 0 Å². The summed E-state index contributed by atoms with van der Waals surface area (Å²) in [6, 6.07) is 8.44.